The van der Waals surface area contributed by atoms with Crippen LogP contribution in [0.2, 0.25) is 0 Å². The first kappa shape index (κ1) is 12.0. The molecule has 1 aliphatic heterocycles. The number of hydrogen-bond acceptors (Lipinski definition) is 2. The molecule has 0 spiro atoms. The van der Waals surface area contributed by atoms with Gasteiger partial charge in [0.25, 0.3) is 5.56 Å². The number of rotatable bonds is 1. The molecule has 1 aromatic carbocycles. The number of aromatic nitrogens is 2. The van der Waals surface area contributed by atoms with Crippen LogP contribution in [-0.2, 0) is 13.0 Å². The van der Waals surface area contributed by atoms with Crippen molar-refractivity contribution in [1.29, 1.82) is 0 Å². The number of halogens is 1. The number of para-hydroxylation sites is 1. The second-order valence-corrected chi connectivity index (χ2v) is 3.97. The van der Waals surface area contributed by atoms with Gasteiger partial charge in [0.05, 0.1) is 11.4 Å². The highest BCUT2D eigenvalue weighted by atomic mass is 35.5. The topological polar surface area (TPSA) is 49.8 Å². The Morgan fingerprint density at radius 3 is 2.65 bits per heavy atom. The van der Waals surface area contributed by atoms with E-state index in [9.17, 15) is 4.79 Å². The Morgan fingerprint density at radius 1 is 1.18 bits per heavy atom. The van der Waals surface area contributed by atoms with E-state index in [1.54, 1.807) is 4.68 Å². The number of nitrogens with one attached hydrogen (secondary N) is 2. The average molecular weight is 252 g/mol. The summed E-state index contributed by atoms with van der Waals surface area (Å²) in [5, 5.41) is 6.41. The van der Waals surface area contributed by atoms with E-state index < -0.39 is 0 Å². The van der Waals surface area contributed by atoms with Crippen molar-refractivity contribution < 1.29 is 0 Å². The Morgan fingerprint density at radius 2 is 1.94 bits per heavy atom. The van der Waals surface area contributed by atoms with E-state index in [-0.39, 0.29) is 18.0 Å². The Kier molecular flexibility index (Phi) is 3.36. The van der Waals surface area contributed by atoms with E-state index in [1.165, 1.54) is 0 Å². The van der Waals surface area contributed by atoms with Crippen molar-refractivity contribution in [2.24, 2.45) is 0 Å². The van der Waals surface area contributed by atoms with Gasteiger partial charge < -0.3 is 5.32 Å². The fourth-order valence-corrected chi connectivity index (χ4v) is 2.11. The van der Waals surface area contributed by atoms with E-state index in [0.717, 1.165) is 36.5 Å². The van der Waals surface area contributed by atoms with Gasteiger partial charge >= 0.3 is 0 Å². The van der Waals surface area contributed by atoms with Gasteiger partial charge in [-0.25, -0.2) is 4.68 Å². The van der Waals surface area contributed by atoms with Gasteiger partial charge in [-0.3, -0.25) is 9.89 Å². The molecule has 0 fully saturated rings. The summed E-state index contributed by atoms with van der Waals surface area (Å²) >= 11 is 0. The molecule has 0 aliphatic carbocycles. The quantitative estimate of drug-likeness (QED) is 0.801. The average Bonchev–Trinajstić information content (AvgIpc) is 2.69. The van der Waals surface area contributed by atoms with Crippen molar-refractivity contribution in [3.8, 4) is 5.69 Å². The van der Waals surface area contributed by atoms with Crippen LogP contribution >= 0.6 is 12.4 Å². The number of nitrogens with zero attached hydrogens (tertiary/aromatic N) is 1. The molecule has 0 amide bonds. The SMILES string of the molecule is Cl.O=c1c2c([nH]n1-c1ccccc1)CNCC2. The molecule has 1 aromatic heterocycles. The zero-order valence-corrected chi connectivity index (χ0v) is 10.1. The maximum Gasteiger partial charge on any atom is 0.274 e. The lowest BCUT2D eigenvalue weighted by molar-refractivity contribution is 0.629. The van der Waals surface area contributed by atoms with Gasteiger partial charge in [0, 0.05) is 12.1 Å². The Labute approximate surface area is 105 Å². The van der Waals surface area contributed by atoms with Gasteiger partial charge in [-0.05, 0) is 25.1 Å². The molecule has 0 unspecified atom stereocenters. The summed E-state index contributed by atoms with van der Waals surface area (Å²) in [7, 11) is 0. The molecule has 5 heteroatoms. The smallest absolute Gasteiger partial charge is 0.274 e. The first-order valence-electron chi connectivity index (χ1n) is 5.45. The Bertz CT molecular complexity index is 559. The van der Waals surface area contributed by atoms with E-state index in [4.69, 9.17) is 0 Å². The summed E-state index contributed by atoms with van der Waals surface area (Å²) in [6.07, 6.45) is 0.810. The maximum atomic E-state index is 12.1. The third-order valence-electron chi connectivity index (χ3n) is 2.94. The van der Waals surface area contributed by atoms with Crippen LogP contribution in [0.15, 0.2) is 35.1 Å². The number of fused-ring (bicyclic) bond motifs is 1. The third kappa shape index (κ3) is 2.01. The van der Waals surface area contributed by atoms with Crippen LogP contribution in [0.3, 0.4) is 0 Å². The summed E-state index contributed by atoms with van der Waals surface area (Å²) in [5.41, 5.74) is 2.91. The summed E-state index contributed by atoms with van der Waals surface area (Å²) in [6.45, 7) is 1.64. The van der Waals surface area contributed by atoms with Crippen LogP contribution < -0.4 is 10.9 Å². The summed E-state index contributed by atoms with van der Waals surface area (Å²) in [4.78, 5) is 12.1. The summed E-state index contributed by atoms with van der Waals surface area (Å²) in [5.74, 6) is 0. The Balaban J connectivity index is 0.00000108. The molecule has 0 saturated heterocycles. The number of hydrogen-bond donors (Lipinski definition) is 2. The molecule has 0 saturated carbocycles. The van der Waals surface area contributed by atoms with E-state index >= 15 is 0 Å². The van der Waals surface area contributed by atoms with Crippen LogP contribution in [0, 0.1) is 0 Å². The fraction of sp³-hybridized carbons (Fsp3) is 0.250. The zero-order valence-electron chi connectivity index (χ0n) is 9.27. The van der Waals surface area contributed by atoms with Crippen molar-refractivity contribution in [3.05, 3.63) is 51.9 Å². The first-order chi connectivity index (χ1) is 7.86. The highest BCUT2D eigenvalue weighted by Gasteiger charge is 2.17. The van der Waals surface area contributed by atoms with Crippen molar-refractivity contribution in [1.82, 2.24) is 15.1 Å². The van der Waals surface area contributed by atoms with Gasteiger partial charge in [-0.15, -0.1) is 12.4 Å². The Hall–Kier alpha value is -1.52. The monoisotopic (exact) mass is 251 g/mol. The van der Waals surface area contributed by atoms with Crippen LogP contribution in [0.1, 0.15) is 11.3 Å². The fourth-order valence-electron chi connectivity index (χ4n) is 2.11. The van der Waals surface area contributed by atoms with Gasteiger partial charge in [0.2, 0.25) is 0 Å². The summed E-state index contributed by atoms with van der Waals surface area (Å²) < 4.78 is 1.62. The minimum absolute atomic E-state index is 0. The van der Waals surface area contributed by atoms with E-state index in [1.807, 2.05) is 30.3 Å². The zero-order chi connectivity index (χ0) is 11.0. The van der Waals surface area contributed by atoms with Crippen LogP contribution in [0.25, 0.3) is 5.69 Å². The molecule has 17 heavy (non-hydrogen) atoms. The van der Waals surface area contributed by atoms with E-state index in [0.29, 0.717) is 0 Å². The second-order valence-electron chi connectivity index (χ2n) is 3.97. The molecule has 1 aliphatic rings. The minimum Gasteiger partial charge on any atom is -0.311 e. The normalized spacial score (nSPS) is 13.9. The van der Waals surface area contributed by atoms with Crippen LogP contribution in [0.4, 0.5) is 0 Å². The molecule has 2 aromatic rings. The molecule has 0 radical (unpaired) electrons. The van der Waals surface area contributed by atoms with Crippen LogP contribution in [-0.4, -0.2) is 16.3 Å². The molecule has 2 N–H and O–H groups in total. The molecular weight excluding hydrogens is 238 g/mol. The lowest BCUT2D eigenvalue weighted by Crippen LogP contribution is -2.26. The molecule has 4 nitrogen and oxygen atoms in total. The highest BCUT2D eigenvalue weighted by Crippen LogP contribution is 2.10. The molecule has 90 valence electrons. The predicted octanol–water partition coefficient (Wildman–Crippen LogP) is 1.23. The van der Waals surface area contributed by atoms with Gasteiger partial charge in [0.15, 0.2) is 0 Å². The highest BCUT2D eigenvalue weighted by molar-refractivity contribution is 5.85. The summed E-state index contributed by atoms with van der Waals surface area (Å²) in [6, 6.07) is 9.66. The number of H-pyrrole nitrogens is 1. The van der Waals surface area contributed by atoms with Gasteiger partial charge in [-0.1, -0.05) is 18.2 Å². The first-order valence-corrected chi connectivity index (χ1v) is 5.45. The molecule has 3 rings (SSSR count). The molecular formula is C12H14ClN3O. The second kappa shape index (κ2) is 4.77. The van der Waals surface area contributed by atoms with Crippen LogP contribution in [0.5, 0.6) is 0 Å². The van der Waals surface area contributed by atoms with E-state index in [2.05, 4.69) is 10.4 Å². The van der Waals surface area contributed by atoms with Crippen molar-refractivity contribution in [2.75, 3.05) is 6.54 Å². The van der Waals surface area contributed by atoms with Crippen molar-refractivity contribution in [2.45, 2.75) is 13.0 Å². The van der Waals surface area contributed by atoms with Crippen molar-refractivity contribution >= 4 is 12.4 Å². The maximum absolute atomic E-state index is 12.1. The largest absolute Gasteiger partial charge is 0.311 e. The number of aromatic amines is 1. The molecule has 2 heterocycles. The van der Waals surface area contributed by atoms with Crippen molar-refractivity contribution in [3.63, 3.8) is 0 Å². The number of benzene rings is 1. The van der Waals surface area contributed by atoms with Gasteiger partial charge in [0.1, 0.15) is 0 Å². The minimum atomic E-state index is 0. The predicted molar refractivity (Wildman–Crippen MR) is 69.0 cm³/mol. The third-order valence-corrected chi connectivity index (χ3v) is 2.94. The lowest BCUT2D eigenvalue weighted by Gasteiger charge is -2.09. The lowest BCUT2D eigenvalue weighted by atomic mass is 10.1. The molecule has 0 atom stereocenters. The molecule has 0 bridgehead atoms. The standard InChI is InChI=1S/C12H13N3O.ClH/c16-12-10-6-7-13-8-11(10)14-15(12)9-4-2-1-3-5-9;/h1-5,13-14H,6-8H2;1H. The van der Waals surface area contributed by atoms with Gasteiger partial charge in [-0.2, -0.15) is 0 Å².